The summed E-state index contributed by atoms with van der Waals surface area (Å²) >= 11 is 0. The van der Waals surface area contributed by atoms with Crippen molar-refractivity contribution in [2.45, 2.75) is 58.8 Å². The van der Waals surface area contributed by atoms with E-state index in [-0.39, 0.29) is 29.5 Å². The molecule has 3 aliphatic rings. The van der Waals surface area contributed by atoms with Crippen LogP contribution < -0.4 is 0 Å². The monoisotopic (exact) mass is 334 g/mol. The van der Waals surface area contributed by atoms with Crippen molar-refractivity contribution in [3.8, 4) is 0 Å². The van der Waals surface area contributed by atoms with E-state index in [9.17, 15) is 20.1 Å². The molecule has 0 saturated heterocycles. The van der Waals surface area contributed by atoms with Crippen LogP contribution in [0.3, 0.4) is 0 Å². The van der Waals surface area contributed by atoms with Crippen molar-refractivity contribution in [3.63, 3.8) is 0 Å². The maximum Gasteiger partial charge on any atom is 0.159 e. The van der Waals surface area contributed by atoms with E-state index in [2.05, 4.69) is 13.5 Å². The summed E-state index contributed by atoms with van der Waals surface area (Å²) in [4.78, 5) is 13.0. The van der Waals surface area contributed by atoms with E-state index in [1.54, 1.807) is 12.2 Å². The van der Waals surface area contributed by atoms with Gasteiger partial charge < -0.3 is 15.3 Å². The molecule has 3 rings (SSSR count). The Hall–Kier alpha value is -0.970. The van der Waals surface area contributed by atoms with Gasteiger partial charge in [0.2, 0.25) is 0 Å². The Kier molecular flexibility index (Phi) is 4.10. The van der Waals surface area contributed by atoms with Crippen molar-refractivity contribution in [3.05, 3.63) is 24.3 Å². The van der Waals surface area contributed by atoms with Gasteiger partial charge in [-0.2, -0.15) is 0 Å². The quantitative estimate of drug-likeness (QED) is 0.686. The van der Waals surface area contributed by atoms with Crippen LogP contribution in [0.15, 0.2) is 24.3 Å². The maximum absolute atomic E-state index is 13.0. The first kappa shape index (κ1) is 17.8. The highest BCUT2D eigenvalue weighted by atomic mass is 16.4. The Bertz CT molecular complexity index is 592. The number of allylic oxidation sites excluding steroid dienone is 3. The highest BCUT2D eigenvalue weighted by molar-refractivity contribution is 5.95. The number of hydrogen-bond donors (Lipinski definition) is 3. The first-order valence-electron chi connectivity index (χ1n) is 9.00. The second kappa shape index (κ2) is 5.52. The van der Waals surface area contributed by atoms with E-state index in [1.807, 2.05) is 20.8 Å². The first-order valence-corrected chi connectivity index (χ1v) is 9.00. The predicted molar refractivity (Wildman–Crippen MR) is 92.1 cm³/mol. The molecule has 8 atom stereocenters. The molecule has 0 spiro atoms. The number of carbonyl (C=O) groups is 1. The summed E-state index contributed by atoms with van der Waals surface area (Å²) < 4.78 is 0. The van der Waals surface area contributed by atoms with Crippen molar-refractivity contribution >= 4 is 5.78 Å². The smallest absolute Gasteiger partial charge is 0.159 e. The molecule has 4 nitrogen and oxygen atoms in total. The summed E-state index contributed by atoms with van der Waals surface area (Å²) in [6.07, 6.45) is 1.84. The summed E-state index contributed by atoms with van der Waals surface area (Å²) in [6.45, 7) is 11.8. The van der Waals surface area contributed by atoms with Crippen molar-refractivity contribution in [2.75, 3.05) is 0 Å². The molecule has 3 N–H and O–H groups in total. The zero-order valence-electron chi connectivity index (χ0n) is 15.1. The van der Waals surface area contributed by atoms with Gasteiger partial charge in [0.1, 0.15) is 6.10 Å². The molecule has 1 unspecified atom stereocenters. The van der Waals surface area contributed by atoms with E-state index in [0.717, 1.165) is 18.4 Å². The second-order valence-corrected chi connectivity index (χ2v) is 8.88. The zero-order valence-corrected chi connectivity index (χ0v) is 15.1. The number of hydrogen-bond acceptors (Lipinski definition) is 4. The summed E-state index contributed by atoms with van der Waals surface area (Å²) in [5.74, 6) is 0.0337. The van der Waals surface area contributed by atoms with Crippen LogP contribution in [0.1, 0.15) is 40.5 Å². The van der Waals surface area contributed by atoms with E-state index < -0.39 is 29.1 Å². The molecule has 24 heavy (non-hydrogen) atoms. The molecule has 0 aliphatic heterocycles. The standard InChI is InChI=1S/C20H30O4/c1-6-11-9-13(21)15-12(10(11)2)7-8-14-19(3,4)17(23)16(22)18(24)20(14,15)5/h6,9-10,12,14-18,22-24H,1,7-8H2,2-5H3/t10-,12?,14-,15+,16+,17-,18+,20-/m1/s1. The van der Waals surface area contributed by atoms with E-state index >= 15 is 0 Å². The minimum atomic E-state index is -1.23. The average Bonchev–Trinajstić information content (AvgIpc) is 2.54. The maximum atomic E-state index is 13.0. The lowest BCUT2D eigenvalue weighted by Crippen LogP contribution is -2.69. The molecule has 3 aliphatic carbocycles. The van der Waals surface area contributed by atoms with E-state index in [1.165, 1.54) is 0 Å². The number of ketones is 1. The third-order valence-electron chi connectivity index (χ3n) is 7.60. The molecule has 2 fully saturated rings. The minimum Gasteiger partial charge on any atom is -0.390 e. The minimum absolute atomic E-state index is 0.0190. The van der Waals surface area contributed by atoms with Crippen molar-refractivity contribution in [1.29, 1.82) is 0 Å². The van der Waals surface area contributed by atoms with Crippen molar-refractivity contribution in [1.82, 2.24) is 0 Å². The van der Waals surface area contributed by atoms with Gasteiger partial charge in [-0.05, 0) is 47.7 Å². The second-order valence-electron chi connectivity index (χ2n) is 8.88. The lowest BCUT2D eigenvalue weighted by atomic mass is 9.42. The van der Waals surface area contributed by atoms with Crippen molar-refractivity contribution < 1.29 is 20.1 Å². The fourth-order valence-corrected chi connectivity index (χ4v) is 6.20. The van der Waals surface area contributed by atoms with Crippen LogP contribution in [0.4, 0.5) is 0 Å². The highest BCUT2D eigenvalue weighted by Crippen LogP contribution is 2.63. The van der Waals surface area contributed by atoms with Gasteiger partial charge in [0.25, 0.3) is 0 Å². The van der Waals surface area contributed by atoms with Gasteiger partial charge >= 0.3 is 0 Å². The average molecular weight is 334 g/mol. The summed E-state index contributed by atoms with van der Waals surface area (Å²) in [5.41, 5.74) is -0.322. The largest absolute Gasteiger partial charge is 0.390 e. The molecule has 0 amide bonds. The van der Waals surface area contributed by atoms with Crippen LogP contribution in [0.2, 0.25) is 0 Å². The van der Waals surface area contributed by atoms with Gasteiger partial charge in [-0.1, -0.05) is 40.3 Å². The molecular formula is C20H30O4. The van der Waals surface area contributed by atoms with Crippen LogP contribution in [-0.4, -0.2) is 39.4 Å². The molecule has 0 bridgehead atoms. The lowest BCUT2D eigenvalue weighted by molar-refractivity contribution is -0.253. The first-order chi connectivity index (χ1) is 11.1. The topological polar surface area (TPSA) is 77.8 Å². The SMILES string of the molecule is C=CC1=CC(=O)[C@@H]2C(CC[C@@H]3C(C)(C)[C@H](O)[C@H](O)[C@H](O)[C@@]23C)[C@@H]1C. The molecular weight excluding hydrogens is 304 g/mol. The number of aliphatic hydroxyl groups excluding tert-OH is 3. The van der Waals surface area contributed by atoms with Gasteiger partial charge in [-0.25, -0.2) is 0 Å². The number of carbonyl (C=O) groups excluding carboxylic acids is 1. The van der Waals surface area contributed by atoms with Gasteiger partial charge in [-0.15, -0.1) is 0 Å². The third-order valence-corrected chi connectivity index (χ3v) is 7.60. The van der Waals surface area contributed by atoms with Crippen LogP contribution >= 0.6 is 0 Å². The molecule has 4 heteroatoms. The van der Waals surface area contributed by atoms with Crippen LogP contribution in [0.5, 0.6) is 0 Å². The highest BCUT2D eigenvalue weighted by Gasteiger charge is 2.66. The Balaban J connectivity index is 2.13. The summed E-state index contributed by atoms with van der Waals surface area (Å²) in [7, 11) is 0. The lowest BCUT2D eigenvalue weighted by Gasteiger charge is -2.64. The normalized spacial score (nSPS) is 50.5. The predicted octanol–water partition coefficient (Wildman–Crippen LogP) is 2.09. The summed E-state index contributed by atoms with van der Waals surface area (Å²) in [5, 5.41) is 31.9. The molecule has 0 heterocycles. The molecule has 2 saturated carbocycles. The van der Waals surface area contributed by atoms with Crippen LogP contribution in [0.25, 0.3) is 0 Å². The van der Waals surface area contributed by atoms with Crippen LogP contribution in [-0.2, 0) is 4.79 Å². The Morgan fingerprint density at radius 3 is 2.38 bits per heavy atom. The fraction of sp³-hybridized carbons (Fsp3) is 0.750. The van der Waals surface area contributed by atoms with E-state index in [0.29, 0.717) is 0 Å². The summed E-state index contributed by atoms with van der Waals surface area (Å²) in [6, 6.07) is 0. The van der Waals surface area contributed by atoms with Crippen molar-refractivity contribution in [2.24, 2.45) is 34.5 Å². The Morgan fingerprint density at radius 1 is 1.17 bits per heavy atom. The van der Waals surface area contributed by atoms with Gasteiger partial charge in [0.05, 0.1) is 12.2 Å². The molecule has 0 aromatic heterocycles. The zero-order chi connectivity index (χ0) is 18.0. The van der Waals surface area contributed by atoms with Gasteiger partial charge in [-0.3, -0.25) is 4.79 Å². The van der Waals surface area contributed by atoms with Gasteiger partial charge in [0.15, 0.2) is 5.78 Å². The number of aliphatic hydroxyl groups is 3. The molecule has 0 radical (unpaired) electrons. The molecule has 134 valence electrons. The fourth-order valence-electron chi connectivity index (χ4n) is 6.20. The Morgan fingerprint density at radius 2 is 1.79 bits per heavy atom. The molecule has 0 aromatic rings. The third kappa shape index (κ3) is 2.06. The van der Waals surface area contributed by atoms with E-state index in [4.69, 9.17) is 0 Å². The molecule has 0 aromatic carbocycles. The van der Waals surface area contributed by atoms with Gasteiger partial charge in [0, 0.05) is 11.3 Å². The number of rotatable bonds is 1. The Labute approximate surface area is 144 Å². The number of fused-ring (bicyclic) bond motifs is 3. The van der Waals surface area contributed by atoms with Crippen LogP contribution in [0, 0.1) is 34.5 Å².